The maximum atomic E-state index is 11.0. The topological polar surface area (TPSA) is 32.3 Å². The molecule has 0 aromatic heterocycles. The molecule has 1 amide bonds. The number of carbonyl (C=O) groups is 1. The van der Waals surface area contributed by atoms with E-state index in [0.717, 1.165) is 13.0 Å². The number of carbonyl (C=O) groups excluding carboxylic acids is 1. The zero-order chi connectivity index (χ0) is 8.27. The van der Waals surface area contributed by atoms with E-state index in [1.807, 2.05) is 13.1 Å². The lowest BCUT2D eigenvalue weighted by atomic mass is 10.1. The van der Waals surface area contributed by atoms with Gasteiger partial charge in [-0.25, -0.2) is 0 Å². The number of nitrogens with one attached hydrogen (secondary N) is 1. The minimum Gasteiger partial charge on any atom is -0.343 e. The van der Waals surface area contributed by atoms with Gasteiger partial charge in [-0.3, -0.25) is 4.79 Å². The Morgan fingerprint density at radius 1 is 1.91 bits per heavy atom. The van der Waals surface area contributed by atoms with Crippen LogP contribution in [0.5, 0.6) is 0 Å². The summed E-state index contributed by atoms with van der Waals surface area (Å²) in [6, 6.07) is 0.398. The van der Waals surface area contributed by atoms with Crippen molar-refractivity contribution in [3.63, 3.8) is 0 Å². The molecule has 1 saturated heterocycles. The van der Waals surface area contributed by atoms with Gasteiger partial charge in [0.15, 0.2) is 0 Å². The predicted octanol–water partition coefficient (Wildman–Crippen LogP) is -0.00730. The van der Waals surface area contributed by atoms with Gasteiger partial charge in [0.25, 0.3) is 0 Å². The molecular weight excluding hydrogens is 140 g/mol. The highest BCUT2D eigenvalue weighted by Crippen LogP contribution is 2.01. The lowest BCUT2D eigenvalue weighted by Gasteiger charge is -2.29. The van der Waals surface area contributed by atoms with Crippen molar-refractivity contribution in [2.45, 2.75) is 12.5 Å². The molecule has 0 spiro atoms. The van der Waals surface area contributed by atoms with Crippen LogP contribution in [0, 0.1) is 0 Å². The number of nitrogens with zero attached hydrogens (tertiary/aromatic N) is 1. The van der Waals surface area contributed by atoms with E-state index in [9.17, 15) is 4.79 Å². The molecule has 62 valence electrons. The molecule has 0 saturated carbocycles. The van der Waals surface area contributed by atoms with Crippen molar-refractivity contribution in [1.82, 2.24) is 10.2 Å². The fourth-order valence-electron chi connectivity index (χ4n) is 1.22. The van der Waals surface area contributed by atoms with E-state index >= 15 is 0 Å². The molecule has 0 aromatic rings. The molecule has 1 rings (SSSR count). The Kier molecular flexibility index (Phi) is 2.65. The summed E-state index contributed by atoms with van der Waals surface area (Å²) < 4.78 is 0. The van der Waals surface area contributed by atoms with E-state index in [-0.39, 0.29) is 5.91 Å². The van der Waals surface area contributed by atoms with E-state index in [2.05, 4.69) is 11.9 Å². The summed E-state index contributed by atoms with van der Waals surface area (Å²) in [5.74, 6) is 0.172. The molecule has 0 bridgehead atoms. The Bertz CT molecular complexity index is 167. The second-order valence-electron chi connectivity index (χ2n) is 2.88. The van der Waals surface area contributed by atoms with Crippen LogP contribution < -0.4 is 5.32 Å². The van der Waals surface area contributed by atoms with Crippen molar-refractivity contribution < 1.29 is 4.79 Å². The fraction of sp³-hybridized carbons (Fsp3) is 0.625. The Labute approximate surface area is 67.1 Å². The second-order valence-corrected chi connectivity index (χ2v) is 2.88. The smallest absolute Gasteiger partial charge is 0.236 e. The van der Waals surface area contributed by atoms with Crippen LogP contribution in [0.25, 0.3) is 0 Å². The molecule has 1 fully saturated rings. The summed E-state index contributed by atoms with van der Waals surface area (Å²) in [4.78, 5) is 12.7. The largest absolute Gasteiger partial charge is 0.343 e. The van der Waals surface area contributed by atoms with Gasteiger partial charge in [0.05, 0.1) is 6.54 Å². The molecule has 1 unspecified atom stereocenters. The number of hydrogen-bond donors (Lipinski definition) is 1. The Morgan fingerprint density at radius 2 is 2.64 bits per heavy atom. The van der Waals surface area contributed by atoms with Gasteiger partial charge in [-0.15, -0.1) is 6.58 Å². The van der Waals surface area contributed by atoms with E-state index in [1.54, 1.807) is 4.90 Å². The van der Waals surface area contributed by atoms with E-state index in [1.165, 1.54) is 0 Å². The van der Waals surface area contributed by atoms with Gasteiger partial charge in [-0.1, -0.05) is 6.08 Å². The lowest BCUT2D eigenvalue weighted by molar-refractivity contribution is -0.131. The van der Waals surface area contributed by atoms with Gasteiger partial charge in [-0.2, -0.15) is 0 Å². The first-order valence-corrected chi connectivity index (χ1v) is 3.82. The van der Waals surface area contributed by atoms with Gasteiger partial charge in [-0.05, 0) is 6.42 Å². The third-order valence-corrected chi connectivity index (χ3v) is 1.91. The zero-order valence-electron chi connectivity index (χ0n) is 6.84. The summed E-state index contributed by atoms with van der Waals surface area (Å²) in [6.45, 7) is 4.92. The molecule has 0 aromatic carbocycles. The molecule has 1 N–H and O–H groups in total. The molecule has 11 heavy (non-hydrogen) atoms. The molecule has 0 aliphatic carbocycles. The third kappa shape index (κ3) is 2.05. The number of hydrogen-bond acceptors (Lipinski definition) is 2. The first-order chi connectivity index (χ1) is 5.24. The van der Waals surface area contributed by atoms with Crippen LogP contribution in [-0.4, -0.2) is 37.0 Å². The SMILES string of the molecule is C=CCC1CN(C)C(=O)CN1. The molecule has 3 heteroatoms. The van der Waals surface area contributed by atoms with Crippen LogP contribution in [0.3, 0.4) is 0 Å². The van der Waals surface area contributed by atoms with E-state index in [0.29, 0.717) is 12.6 Å². The lowest BCUT2D eigenvalue weighted by Crippen LogP contribution is -2.52. The quantitative estimate of drug-likeness (QED) is 0.567. The number of amides is 1. The average Bonchev–Trinajstić information content (AvgIpc) is 1.98. The maximum Gasteiger partial charge on any atom is 0.236 e. The summed E-state index contributed by atoms with van der Waals surface area (Å²) >= 11 is 0. The molecule has 1 heterocycles. The van der Waals surface area contributed by atoms with E-state index in [4.69, 9.17) is 0 Å². The predicted molar refractivity (Wildman–Crippen MR) is 44.2 cm³/mol. The zero-order valence-corrected chi connectivity index (χ0v) is 6.84. The number of rotatable bonds is 2. The minimum absolute atomic E-state index is 0.172. The molecule has 1 atom stereocenters. The van der Waals surface area contributed by atoms with Crippen molar-refractivity contribution in [3.05, 3.63) is 12.7 Å². The molecule has 3 nitrogen and oxygen atoms in total. The fourth-order valence-corrected chi connectivity index (χ4v) is 1.22. The molecule has 1 aliphatic rings. The summed E-state index contributed by atoms with van der Waals surface area (Å²) in [6.07, 6.45) is 2.80. The Hall–Kier alpha value is -0.830. The summed E-state index contributed by atoms with van der Waals surface area (Å²) in [5, 5.41) is 3.14. The maximum absolute atomic E-state index is 11.0. The van der Waals surface area contributed by atoms with Crippen LogP contribution in [0.1, 0.15) is 6.42 Å². The Balaban J connectivity index is 2.39. The van der Waals surface area contributed by atoms with Crippen LogP contribution in [0.15, 0.2) is 12.7 Å². The molecule has 0 radical (unpaired) electrons. The van der Waals surface area contributed by atoms with Gasteiger partial charge < -0.3 is 10.2 Å². The van der Waals surface area contributed by atoms with Gasteiger partial charge in [0, 0.05) is 19.6 Å². The number of piperazine rings is 1. The standard InChI is InChI=1S/C8H14N2O/c1-3-4-7-6-10(2)8(11)5-9-7/h3,7,9H,1,4-6H2,2H3. The van der Waals surface area contributed by atoms with Gasteiger partial charge >= 0.3 is 0 Å². The van der Waals surface area contributed by atoms with Crippen molar-refractivity contribution >= 4 is 5.91 Å². The highest BCUT2D eigenvalue weighted by Gasteiger charge is 2.20. The van der Waals surface area contributed by atoms with Crippen molar-refractivity contribution in [2.75, 3.05) is 20.1 Å². The third-order valence-electron chi connectivity index (χ3n) is 1.91. The van der Waals surface area contributed by atoms with Crippen molar-refractivity contribution in [2.24, 2.45) is 0 Å². The van der Waals surface area contributed by atoms with Crippen LogP contribution in [0.2, 0.25) is 0 Å². The van der Waals surface area contributed by atoms with Crippen molar-refractivity contribution in [3.8, 4) is 0 Å². The normalized spacial score (nSPS) is 25.4. The highest BCUT2D eigenvalue weighted by molar-refractivity contribution is 5.78. The minimum atomic E-state index is 0.172. The summed E-state index contributed by atoms with van der Waals surface area (Å²) in [7, 11) is 1.83. The van der Waals surface area contributed by atoms with Crippen LogP contribution >= 0.6 is 0 Å². The average molecular weight is 154 g/mol. The summed E-state index contributed by atoms with van der Waals surface area (Å²) in [5.41, 5.74) is 0. The van der Waals surface area contributed by atoms with Gasteiger partial charge in [0.2, 0.25) is 5.91 Å². The first-order valence-electron chi connectivity index (χ1n) is 3.82. The van der Waals surface area contributed by atoms with Crippen molar-refractivity contribution in [1.29, 1.82) is 0 Å². The molecule has 1 aliphatic heterocycles. The van der Waals surface area contributed by atoms with Crippen LogP contribution in [0.4, 0.5) is 0 Å². The number of likely N-dealkylation sites (N-methyl/N-ethyl adjacent to an activating group) is 1. The van der Waals surface area contributed by atoms with Crippen LogP contribution in [-0.2, 0) is 4.79 Å². The first kappa shape index (κ1) is 8.27. The second kappa shape index (κ2) is 3.53. The van der Waals surface area contributed by atoms with Gasteiger partial charge in [0.1, 0.15) is 0 Å². The monoisotopic (exact) mass is 154 g/mol. The van der Waals surface area contributed by atoms with E-state index < -0.39 is 0 Å². The highest BCUT2D eigenvalue weighted by atomic mass is 16.2. The molecular formula is C8H14N2O. The Morgan fingerprint density at radius 3 is 3.18 bits per heavy atom.